The zero-order valence-electron chi connectivity index (χ0n) is 12.6. The number of nitriles is 1. The van der Waals surface area contributed by atoms with E-state index in [2.05, 4.69) is 15.3 Å². The number of anilines is 1. The van der Waals surface area contributed by atoms with Crippen molar-refractivity contribution in [2.24, 2.45) is 0 Å². The highest BCUT2D eigenvalue weighted by Gasteiger charge is 2.12. The van der Waals surface area contributed by atoms with Gasteiger partial charge in [-0.3, -0.25) is 4.79 Å². The van der Waals surface area contributed by atoms with Gasteiger partial charge in [0.15, 0.2) is 5.16 Å². The smallest absolute Gasteiger partial charge is 0.230 e. The summed E-state index contributed by atoms with van der Waals surface area (Å²) in [4.78, 5) is 20.0. The molecule has 0 saturated carbocycles. The number of nitrogens with one attached hydrogen (secondary N) is 1. The van der Waals surface area contributed by atoms with Gasteiger partial charge >= 0.3 is 0 Å². The minimum Gasteiger partial charge on any atom is -0.382 e. The second kappa shape index (κ2) is 8.20. The lowest BCUT2D eigenvalue weighted by Gasteiger charge is -2.14. The number of nitrogens with two attached hydrogens (primary N) is 1. The summed E-state index contributed by atoms with van der Waals surface area (Å²) in [6, 6.07) is 6.86. The summed E-state index contributed by atoms with van der Waals surface area (Å²) in [5.41, 5.74) is 6.66. The van der Waals surface area contributed by atoms with Crippen molar-refractivity contribution in [3.05, 3.63) is 45.6 Å². The first kappa shape index (κ1) is 18.3. The molecule has 0 fully saturated rings. The third-order valence-corrected chi connectivity index (χ3v) is 4.67. The SMILES string of the molecule is C[C@H](NC(=O)CSc1ncc(C#N)c(N)n1)c1ccc(Cl)c(Cl)c1. The van der Waals surface area contributed by atoms with Gasteiger partial charge in [0.1, 0.15) is 17.5 Å². The third-order valence-electron chi connectivity index (χ3n) is 3.07. The average molecular weight is 382 g/mol. The van der Waals surface area contributed by atoms with Crippen molar-refractivity contribution in [1.82, 2.24) is 15.3 Å². The summed E-state index contributed by atoms with van der Waals surface area (Å²) in [7, 11) is 0. The van der Waals surface area contributed by atoms with Gasteiger partial charge in [0.05, 0.1) is 28.0 Å². The zero-order chi connectivity index (χ0) is 17.7. The number of aromatic nitrogens is 2. The maximum Gasteiger partial charge on any atom is 0.230 e. The Hall–Kier alpha value is -2.01. The van der Waals surface area contributed by atoms with Crippen LogP contribution in [0.5, 0.6) is 0 Å². The van der Waals surface area contributed by atoms with Crippen LogP contribution in [0.4, 0.5) is 5.82 Å². The van der Waals surface area contributed by atoms with Gasteiger partial charge in [0.2, 0.25) is 5.91 Å². The minimum absolute atomic E-state index is 0.0968. The number of hydrogen-bond donors (Lipinski definition) is 2. The number of nitrogen functional groups attached to an aromatic ring is 1. The molecule has 1 aromatic heterocycles. The number of hydrogen-bond acceptors (Lipinski definition) is 6. The molecule has 1 atom stereocenters. The number of amides is 1. The fraction of sp³-hybridized carbons (Fsp3) is 0.200. The van der Waals surface area contributed by atoms with E-state index in [0.29, 0.717) is 15.2 Å². The van der Waals surface area contributed by atoms with Crippen LogP contribution in [0.15, 0.2) is 29.6 Å². The quantitative estimate of drug-likeness (QED) is 0.608. The Morgan fingerprint density at radius 1 is 1.46 bits per heavy atom. The standard InChI is InChI=1S/C15H13Cl2N5OS/c1-8(9-2-3-11(16)12(17)4-9)21-13(23)7-24-15-20-6-10(5-18)14(19)22-15/h2-4,6,8H,7H2,1H3,(H,21,23)(H2,19,20,22)/t8-/m0/s1. The van der Waals surface area contributed by atoms with E-state index < -0.39 is 0 Å². The Balaban J connectivity index is 1.92. The molecule has 1 heterocycles. The van der Waals surface area contributed by atoms with E-state index in [4.69, 9.17) is 34.2 Å². The molecule has 0 saturated heterocycles. The fourth-order valence-corrected chi connectivity index (χ4v) is 2.75. The molecule has 124 valence electrons. The van der Waals surface area contributed by atoms with Crippen LogP contribution in [0.2, 0.25) is 10.0 Å². The molecule has 0 radical (unpaired) electrons. The van der Waals surface area contributed by atoms with Gasteiger partial charge in [-0.25, -0.2) is 9.97 Å². The predicted molar refractivity (Wildman–Crippen MR) is 94.9 cm³/mol. The van der Waals surface area contributed by atoms with Gasteiger partial charge in [-0.1, -0.05) is 41.0 Å². The molecule has 0 aliphatic rings. The molecule has 0 aliphatic carbocycles. The Kier molecular flexibility index (Phi) is 6.26. The van der Waals surface area contributed by atoms with Crippen LogP contribution in [0, 0.1) is 11.3 Å². The van der Waals surface area contributed by atoms with E-state index >= 15 is 0 Å². The van der Waals surface area contributed by atoms with Gasteiger partial charge in [0.25, 0.3) is 0 Å². The van der Waals surface area contributed by atoms with Gasteiger partial charge in [-0.2, -0.15) is 5.26 Å². The van der Waals surface area contributed by atoms with Crippen LogP contribution in [-0.4, -0.2) is 21.6 Å². The molecular weight excluding hydrogens is 369 g/mol. The Labute approximate surface area is 153 Å². The van der Waals surface area contributed by atoms with E-state index in [0.717, 1.165) is 17.3 Å². The minimum atomic E-state index is -0.222. The molecule has 1 aromatic carbocycles. The average Bonchev–Trinajstić information content (AvgIpc) is 2.55. The van der Waals surface area contributed by atoms with Crippen LogP contribution in [0.1, 0.15) is 24.1 Å². The largest absolute Gasteiger partial charge is 0.382 e. The maximum absolute atomic E-state index is 12.0. The summed E-state index contributed by atoms with van der Waals surface area (Å²) in [6.45, 7) is 1.85. The third kappa shape index (κ3) is 4.74. The molecule has 0 bridgehead atoms. The highest BCUT2D eigenvalue weighted by Crippen LogP contribution is 2.25. The normalized spacial score (nSPS) is 11.6. The van der Waals surface area contributed by atoms with Gasteiger partial charge < -0.3 is 11.1 Å². The highest BCUT2D eigenvalue weighted by atomic mass is 35.5. The summed E-state index contributed by atoms with van der Waals surface area (Å²) in [5, 5.41) is 12.9. The lowest BCUT2D eigenvalue weighted by atomic mass is 10.1. The number of benzene rings is 1. The molecule has 2 rings (SSSR count). The van der Waals surface area contributed by atoms with Crippen LogP contribution in [0.25, 0.3) is 0 Å². The van der Waals surface area contributed by atoms with Crippen molar-refractivity contribution >= 4 is 46.7 Å². The van der Waals surface area contributed by atoms with E-state index in [1.165, 1.54) is 6.20 Å². The van der Waals surface area contributed by atoms with Gasteiger partial charge in [0, 0.05) is 0 Å². The van der Waals surface area contributed by atoms with Crippen molar-refractivity contribution in [3.63, 3.8) is 0 Å². The van der Waals surface area contributed by atoms with Crippen LogP contribution < -0.4 is 11.1 Å². The summed E-state index contributed by atoms with van der Waals surface area (Å²) in [6.07, 6.45) is 1.33. The Morgan fingerprint density at radius 3 is 2.83 bits per heavy atom. The first-order valence-corrected chi connectivity index (χ1v) is 8.54. The molecule has 3 N–H and O–H groups in total. The number of thioether (sulfide) groups is 1. The number of rotatable bonds is 5. The zero-order valence-corrected chi connectivity index (χ0v) is 14.9. The number of carbonyl (C=O) groups is 1. The van der Waals surface area contributed by atoms with Crippen molar-refractivity contribution in [3.8, 4) is 6.07 Å². The van der Waals surface area contributed by atoms with Gasteiger partial charge in [-0.05, 0) is 24.6 Å². The van der Waals surface area contributed by atoms with E-state index in [1.54, 1.807) is 18.2 Å². The fourth-order valence-electron chi connectivity index (χ4n) is 1.81. The van der Waals surface area contributed by atoms with Crippen molar-refractivity contribution < 1.29 is 4.79 Å². The van der Waals surface area contributed by atoms with Crippen molar-refractivity contribution in [2.45, 2.75) is 18.1 Å². The Bertz CT molecular complexity index is 809. The maximum atomic E-state index is 12.0. The lowest BCUT2D eigenvalue weighted by molar-refractivity contribution is -0.119. The topological polar surface area (TPSA) is 105 Å². The van der Waals surface area contributed by atoms with Crippen molar-refractivity contribution in [2.75, 3.05) is 11.5 Å². The monoisotopic (exact) mass is 381 g/mol. The second-order valence-electron chi connectivity index (χ2n) is 4.81. The lowest BCUT2D eigenvalue weighted by Crippen LogP contribution is -2.28. The molecule has 0 aliphatic heterocycles. The predicted octanol–water partition coefficient (Wildman–Crippen LogP) is 3.21. The summed E-state index contributed by atoms with van der Waals surface area (Å²) in [5.74, 6) is 0.0291. The van der Waals surface area contributed by atoms with Crippen LogP contribution >= 0.6 is 35.0 Å². The number of carbonyl (C=O) groups excluding carboxylic acids is 1. The molecule has 2 aromatic rings. The first-order valence-electron chi connectivity index (χ1n) is 6.80. The first-order chi connectivity index (χ1) is 11.4. The van der Waals surface area contributed by atoms with Crippen LogP contribution in [-0.2, 0) is 4.79 Å². The highest BCUT2D eigenvalue weighted by molar-refractivity contribution is 7.99. The molecule has 24 heavy (non-hydrogen) atoms. The van der Waals surface area contributed by atoms with Crippen LogP contribution in [0.3, 0.4) is 0 Å². The Morgan fingerprint density at radius 2 is 2.21 bits per heavy atom. The van der Waals surface area contributed by atoms with E-state index in [9.17, 15) is 4.79 Å². The second-order valence-corrected chi connectivity index (χ2v) is 6.57. The number of halogens is 2. The number of nitrogens with zero attached hydrogens (tertiary/aromatic N) is 3. The molecule has 6 nitrogen and oxygen atoms in total. The van der Waals surface area contributed by atoms with Gasteiger partial charge in [-0.15, -0.1) is 0 Å². The molecular formula is C15H13Cl2N5OS. The molecule has 1 amide bonds. The summed E-state index contributed by atoms with van der Waals surface area (Å²) < 4.78 is 0. The van der Waals surface area contributed by atoms with E-state index in [1.807, 2.05) is 13.0 Å². The summed E-state index contributed by atoms with van der Waals surface area (Å²) >= 11 is 13.0. The van der Waals surface area contributed by atoms with E-state index in [-0.39, 0.29) is 29.1 Å². The molecule has 0 spiro atoms. The molecule has 9 heteroatoms. The van der Waals surface area contributed by atoms with Crippen molar-refractivity contribution in [1.29, 1.82) is 5.26 Å². The molecule has 0 unspecified atom stereocenters.